The summed E-state index contributed by atoms with van der Waals surface area (Å²) >= 11 is 0. The molecule has 1 rings (SSSR count). The number of methoxy groups -OCH3 is 1. The van der Waals surface area contributed by atoms with E-state index < -0.39 is 5.60 Å². The standard InChI is InChI=1S/C13H22N2O3/c1-13(2,17-5)12(16)14-9-10(15(3)4)11-7-6-8-18-11/h6-8,10H,9H2,1-5H3,(H,14,16). The molecular weight excluding hydrogens is 232 g/mol. The minimum atomic E-state index is -0.819. The van der Waals surface area contributed by atoms with Gasteiger partial charge in [0.05, 0.1) is 12.3 Å². The highest BCUT2D eigenvalue weighted by atomic mass is 16.5. The molecule has 1 aromatic rings. The van der Waals surface area contributed by atoms with Crippen LogP contribution in [-0.2, 0) is 9.53 Å². The Balaban J connectivity index is 2.62. The molecule has 1 unspecified atom stereocenters. The van der Waals surface area contributed by atoms with Crippen LogP contribution in [0.4, 0.5) is 0 Å². The van der Waals surface area contributed by atoms with Crippen LogP contribution in [0.2, 0.25) is 0 Å². The van der Waals surface area contributed by atoms with Crippen LogP contribution in [-0.4, -0.2) is 44.2 Å². The molecule has 0 saturated heterocycles. The van der Waals surface area contributed by atoms with Gasteiger partial charge in [0.2, 0.25) is 0 Å². The van der Waals surface area contributed by atoms with Gasteiger partial charge in [0.15, 0.2) is 0 Å². The summed E-state index contributed by atoms with van der Waals surface area (Å²) in [5.74, 6) is 0.693. The zero-order valence-corrected chi connectivity index (χ0v) is 11.7. The third-order valence-corrected chi connectivity index (χ3v) is 3.01. The fourth-order valence-electron chi connectivity index (χ4n) is 1.51. The van der Waals surface area contributed by atoms with Crippen LogP contribution in [0.25, 0.3) is 0 Å². The van der Waals surface area contributed by atoms with Crippen LogP contribution in [0.3, 0.4) is 0 Å². The molecule has 0 aromatic carbocycles. The molecule has 0 spiro atoms. The van der Waals surface area contributed by atoms with Crippen LogP contribution in [0.15, 0.2) is 22.8 Å². The van der Waals surface area contributed by atoms with Gasteiger partial charge in [-0.3, -0.25) is 9.69 Å². The van der Waals surface area contributed by atoms with Crippen LogP contribution < -0.4 is 5.32 Å². The lowest BCUT2D eigenvalue weighted by Gasteiger charge is -2.26. The first-order chi connectivity index (χ1) is 8.38. The molecule has 1 N–H and O–H groups in total. The number of furan rings is 1. The van der Waals surface area contributed by atoms with E-state index >= 15 is 0 Å². The molecule has 1 atom stereocenters. The number of carbonyl (C=O) groups is 1. The summed E-state index contributed by atoms with van der Waals surface area (Å²) in [4.78, 5) is 13.9. The minimum absolute atomic E-state index is 0.0107. The second kappa shape index (κ2) is 6.02. The zero-order valence-electron chi connectivity index (χ0n) is 11.7. The molecule has 1 aromatic heterocycles. The summed E-state index contributed by atoms with van der Waals surface area (Å²) in [6.07, 6.45) is 1.63. The van der Waals surface area contributed by atoms with E-state index in [1.807, 2.05) is 31.1 Å². The van der Waals surface area contributed by atoms with Gasteiger partial charge in [0, 0.05) is 13.7 Å². The summed E-state index contributed by atoms with van der Waals surface area (Å²) in [5.41, 5.74) is -0.819. The van der Waals surface area contributed by atoms with E-state index in [0.29, 0.717) is 6.54 Å². The van der Waals surface area contributed by atoms with Gasteiger partial charge in [-0.05, 0) is 40.1 Å². The van der Waals surface area contributed by atoms with E-state index in [0.717, 1.165) is 5.76 Å². The fraction of sp³-hybridized carbons (Fsp3) is 0.615. The molecule has 0 saturated carbocycles. The van der Waals surface area contributed by atoms with Gasteiger partial charge in [-0.2, -0.15) is 0 Å². The van der Waals surface area contributed by atoms with Gasteiger partial charge in [0.1, 0.15) is 11.4 Å². The molecule has 0 aliphatic carbocycles. The second-order valence-electron chi connectivity index (χ2n) is 4.92. The minimum Gasteiger partial charge on any atom is -0.468 e. The summed E-state index contributed by atoms with van der Waals surface area (Å²) in [6.45, 7) is 3.95. The maximum absolute atomic E-state index is 11.9. The van der Waals surface area contributed by atoms with E-state index in [4.69, 9.17) is 9.15 Å². The van der Waals surface area contributed by atoms with Crippen LogP contribution in [0.5, 0.6) is 0 Å². The molecule has 0 aliphatic rings. The van der Waals surface area contributed by atoms with Crippen molar-refractivity contribution in [2.45, 2.75) is 25.5 Å². The number of nitrogens with one attached hydrogen (secondary N) is 1. The topological polar surface area (TPSA) is 54.7 Å². The molecule has 18 heavy (non-hydrogen) atoms. The van der Waals surface area contributed by atoms with Gasteiger partial charge in [0.25, 0.3) is 5.91 Å². The number of hydrogen-bond acceptors (Lipinski definition) is 4. The Morgan fingerprint density at radius 3 is 2.67 bits per heavy atom. The van der Waals surface area contributed by atoms with Gasteiger partial charge < -0.3 is 14.5 Å². The lowest BCUT2D eigenvalue weighted by molar-refractivity contribution is -0.139. The van der Waals surface area contributed by atoms with Crippen molar-refractivity contribution >= 4 is 5.91 Å². The third kappa shape index (κ3) is 3.58. The molecule has 0 aliphatic heterocycles. The monoisotopic (exact) mass is 254 g/mol. The van der Waals surface area contributed by atoms with Crippen LogP contribution in [0.1, 0.15) is 25.6 Å². The van der Waals surface area contributed by atoms with Crippen molar-refractivity contribution in [3.63, 3.8) is 0 Å². The normalized spacial score (nSPS) is 13.7. The van der Waals surface area contributed by atoms with Crippen molar-refractivity contribution in [3.8, 4) is 0 Å². The average Bonchev–Trinajstić information content (AvgIpc) is 2.82. The molecule has 102 valence electrons. The predicted molar refractivity (Wildman–Crippen MR) is 69.2 cm³/mol. The molecule has 5 nitrogen and oxygen atoms in total. The Bertz CT molecular complexity index is 372. The summed E-state index contributed by atoms with van der Waals surface area (Å²) in [6, 6.07) is 3.75. The highest BCUT2D eigenvalue weighted by Gasteiger charge is 2.28. The first kappa shape index (κ1) is 14.7. The van der Waals surface area contributed by atoms with E-state index in [-0.39, 0.29) is 11.9 Å². The number of nitrogens with zero attached hydrogens (tertiary/aromatic N) is 1. The van der Waals surface area contributed by atoms with Crippen molar-refractivity contribution < 1.29 is 13.9 Å². The molecule has 1 amide bonds. The number of amides is 1. The maximum Gasteiger partial charge on any atom is 0.251 e. The van der Waals surface area contributed by atoms with Crippen molar-refractivity contribution in [1.29, 1.82) is 0 Å². The lowest BCUT2D eigenvalue weighted by Crippen LogP contribution is -2.46. The summed E-state index contributed by atoms with van der Waals surface area (Å²) < 4.78 is 10.5. The van der Waals surface area contributed by atoms with Gasteiger partial charge in [-0.1, -0.05) is 0 Å². The molecule has 0 bridgehead atoms. The first-order valence-corrected chi connectivity index (χ1v) is 5.91. The Hall–Kier alpha value is -1.33. The molecule has 0 fully saturated rings. The number of carbonyl (C=O) groups excluding carboxylic acids is 1. The largest absolute Gasteiger partial charge is 0.468 e. The van der Waals surface area contributed by atoms with Gasteiger partial charge in [-0.25, -0.2) is 0 Å². The quantitative estimate of drug-likeness (QED) is 0.834. The van der Waals surface area contributed by atoms with Crippen molar-refractivity contribution in [2.24, 2.45) is 0 Å². The Morgan fingerprint density at radius 2 is 2.22 bits per heavy atom. The van der Waals surface area contributed by atoms with E-state index in [2.05, 4.69) is 5.32 Å². The Labute approximate surface area is 108 Å². The molecule has 1 heterocycles. The van der Waals surface area contributed by atoms with Crippen molar-refractivity contribution in [1.82, 2.24) is 10.2 Å². The number of rotatable bonds is 6. The van der Waals surface area contributed by atoms with E-state index in [1.54, 1.807) is 20.1 Å². The lowest BCUT2D eigenvalue weighted by atomic mass is 10.1. The molecule has 5 heteroatoms. The van der Waals surface area contributed by atoms with E-state index in [9.17, 15) is 4.79 Å². The molecular formula is C13H22N2O3. The number of hydrogen-bond donors (Lipinski definition) is 1. The predicted octanol–water partition coefficient (Wildman–Crippen LogP) is 1.42. The second-order valence-corrected chi connectivity index (χ2v) is 4.92. The first-order valence-electron chi connectivity index (χ1n) is 5.91. The van der Waals surface area contributed by atoms with Crippen molar-refractivity contribution in [2.75, 3.05) is 27.7 Å². The smallest absolute Gasteiger partial charge is 0.251 e. The third-order valence-electron chi connectivity index (χ3n) is 3.01. The van der Waals surface area contributed by atoms with Crippen LogP contribution >= 0.6 is 0 Å². The van der Waals surface area contributed by atoms with Crippen molar-refractivity contribution in [3.05, 3.63) is 24.2 Å². The Kier molecular flexibility index (Phi) is 4.93. The maximum atomic E-state index is 11.9. The molecule has 0 radical (unpaired) electrons. The SMILES string of the molecule is COC(C)(C)C(=O)NCC(c1ccco1)N(C)C. The van der Waals surface area contributed by atoms with E-state index in [1.165, 1.54) is 7.11 Å². The summed E-state index contributed by atoms with van der Waals surface area (Å²) in [7, 11) is 5.41. The van der Waals surface area contributed by atoms with Gasteiger partial charge >= 0.3 is 0 Å². The highest BCUT2D eigenvalue weighted by molar-refractivity contribution is 5.84. The van der Waals surface area contributed by atoms with Gasteiger partial charge in [-0.15, -0.1) is 0 Å². The summed E-state index contributed by atoms with van der Waals surface area (Å²) in [5, 5.41) is 2.88. The average molecular weight is 254 g/mol. The number of ether oxygens (including phenoxy) is 1. The zero-order chi connectivity index (χ0) is 13.8. The highest BCUT2D eigenvalue weighted by Crippen LogP contribution is 2.18. The fourth-order valence-corrected chi connectivity index (χ4v) is 1.51. The Morgan fingerprint density at radius 1 is 1.56 bits per heavy atom. The number of likely N-dealkylation sites (N-methyl/N-ethyl adjacent to an activating group) is 1. The van der Waals surface area contributed by atoms with Crippen LogP contribution in [0, 0.1) is 0 Å².